The molecule has 17 nitrogen and oxygen atoms in total. The first-order valence-electron chi connectivity index (χ1n) is 22.4. The number of fused-ring (bicyclic) bond motifs is 1. The second-order valence-electron chi connectivity index (χ2n) is 16.3. The van der Waals surface area contributed by atoms with Gasteiger partial charge in [0.15, 0.2) is 0 Å². The highest BCUT2D eigenvalue weighted by Gasteiger charge is 2.36. The van der Waals surface area contributed by atoms with Crippen LogP contribution in [0.4, 0.5) is 4.79 Å². The SMILES string of the molecule is CCC.CCCN(Cc1ncc(-c2ccc(-c3csc4c(-c5ccc(-c6cnc(C7CCCN7C(=O)C(NC=O)C(C)C)[nH]6)cc5)c(C(=O)OC)[nH]c34)cc2)[nH]1)C(=O)CNC(=O)OC.COC. The van der Waals surface area contributed by atoms with Crippen molar-refractivity contribution in [2.45, 2.75) is 78.9 Å². The summed E-state index contributed by atoms with van der Waals surface area (Å²) in [4.78, 5) is 84.8. The number of amides is 4. The Labute approximate surface area is 395 Å². The Hall–Kier alpha value is -6.79. The summed E-state index contributed by atoms with van der Waals surface area (Å²) in [6, 6.07) is 15.1. The Morgan fingerprint density at radius 1 is 0.881 bits per heavy atom. The second kappa shape index (κ2) is 24.7. The lowest BCUT2D eigenvalue weighted by molar-refractivity contribution is -0.137. The third-order valence-electron chi connectivity index (χ3n) is 10.9. The fourth-order valence-electron chi connectivity index (χ4n) is 7.79. The van der Waals surface area contributed by atoms with Gasteiger partial charge in [0.25, 0.3) is 0 Å². The third kappa shape index (κ3) is 12.4. The van der Waals surface area contributed by atoms with E-state index in [0.717, 1.165) is 74.2 Å². The molecule has 0 bridgehead atoms. The zero-order valence-corrected chi connectivity index (χ0v) is 40.6. The van der Waals surface area contributed by atoms with E-state index in [2.05, 4.69) is 64.3 Å². The van der Waals surface area contributed by atoms with Crippen LogP contribution in [0.25, 0.3) is 55.0 Å². The number of ether oxygens (including phenoxy) is 3. The van der Waals surface area contributed by atoms with E-state index in [4.69, 9.17) is 4.74 Å². The molecule has 18 heteroatoms. The molecule has 4 aromatic heterocycles. The van der Waals surface area contributed by atoms with Gasteiger partial charge in [-0.05, 0) is 47.4 Å². The van der Waals surface area contributed by atoms with Crippen LogP contribution < -0.4 is 10.6 Å². The van der Waals surface area contributed by atoms with Gasteiger partial charge in [-0.3, -0.25) is 14.4 Å². The number of methoxy groups -OCH3 is 3. The van der Waals surface area contributed by atoms with E-state index in [1.54, 1.807) is 31.5 Å². The molecule has 2 aromatic carbocycles. The van der Waals surface area contributed by atoms with E-state index >= 15 is 0 Å². The molecule has 2 unspecified atom stereocenters. The van der Waals surface area contributed by atoms with Gasteiger partial charge in [0.1, 0.15) is 29.9 Å². The predicted octanol–water partition coefficient (Wildman–Crippen LogP) is 8.34. The zero-order chi connectivity index (χ0) is 48.6. The molecule has 358 valence electrons. The molecule has 5 heterocycles. The quantitative estimate of drug-likeness (QED) is 0.0462. The van der Waals surface area contributed by atoms with Crippen LogP contribution in [0.15, 0.2) is 66.3 Å². The number of imidazole rings is 2. The number of benzene rings is 2. The van der Waals surface area contributed by atoms with Crippen molar-refractivity contribution in [3.05, 3.63) is 83.6 Å². The van der Waals surface area contributed by atoms with Crippen LogP contribution in [-0.2, 0) is 35.1 Å². The van der Waals surface area contributed by atoms with E-state index in [0.29, 0.717) is 36.8 Å². The summed E-state index contributed by atoms with van der Waals surface area (Å²) in [5.74, 6) is 0.428. The van der Waals surface area contributed by atoms with Crippen molar-refractivity contribution in [3.8, 4) is 44.8 Å². The van der Waals surface area contributed by atoms with Crippen molar-refractivity contribution in [1.29, 1.82) is 0 Å². The number of nitrogens with one attached hydrogen (secondary N) is 5. The molecule has 0 radical (unpaired) electrons. The monoisotopic (exact) mass is 937 g/mol. The van der Waals surface area contributed by atoms with Gasteiger partial charge in [-0.2, -0.15) is 0 Å². The largest absolute Gasteiger partial charge is 0.464 e. The van der Waals surface area contributed by atoms with Crippen LogP contribution in [-0.4, -0.2) is 119 Å². The summed E-state index contributed by atoms with van der Waals surface area (Å²) >= 11 is 1.54. The third-order valence-corrected chi connectivity index (χ3v) is 11.9. The Bertz CT molecular complexity index is 2560. The number of carbonyl (C=O) groups excluding carboxylic acids is 5. The van der Waals surface area contributed by atoms with Crippen molar-refractivity contribution < 1.29 is 38.2 Å². The molecule has 2 atom stereocenters. The number of esters is 1. The maximum absolute atomic E-state index is 13.4. The molecule has 0 saturated carbocycles. The van der Waals surface area contributed by atoms with E-state index in [9.17, 15) is 24.0 Å². The number of hydrogen-bond acceptors (Lipinski definition) is 11. The van der Waals surface area contributed by atoms with Crippen LogP contribution in [0.2, 0.25) is 0 Å². The molecule has 1 saturated heterocycles. The Morgan fingerprint density at radius 3 is 2.09 bits per heavy atom. The molecule has 1 aliphatic heterocycles. The summed E-state index contributed by atoms with van der Waals surface area (Å²) in [6.45, 7) is 11.2. The highest BCUT2D eigenvalue weighted by atomic mass is 32.1. The fraction of sp³-hybridized carbons (Fsp3) is 0.408. The number of carbonyl (C=O) groups is 5. The number of aromatic nitrogens is 5. The predicted molar refractivity (Wildman–Crippen MR) is 260 cm³/mol. The number of aromatic amines is 3. The molecule has 0 aliphatic carbocycles. The minimum atomic E-state index is -0.666. The highest BCUT2D eigenvalue weighted by molar-refractivity contribution is 7.18. The van der Waals surface area contributed by atoms with Gasteiger partial charge in [0.05, 0.1) is 60.8 Å². The average Bonchev–Trinajstić information content (AvgIpc) is 4.19. The molecular weight excluding hydrogens is 875 g/mol. The topological polar surface area (TPSA) is 217 Å². The summed E-state index contributed by atoms with van der Waals surface area (Å²) in [7, 11) is 5.86. The Kier molecular flexibility index (Phi) is 18.8. The highest BCUT2D eigenvalue weighted by Crippen LogP contribution is 2.43. The summed E-state index contributed by atoms with van der Waals surface area (Å²) in [5.41, 5.74) is 8.03. The summed E-state index contributed by atoms with van der Waals surface area (Å²) in [6.07, 6.45) is 7.02. The van der Waals surface area contributed by atoms with Crippen molar-refractivity contribution >= 4 is 51.8 Å². The first-order valence-corrected chi connectivity index (χ1v) is 23.3. The van der Waals surface area contributed by atoms with Crippen molar-refractivity contribution in [3.63, 3.8) is 0 Å². The molecular formula is C49H63N9O8S. The first kappa shape index (κ1) is 51.2. The lowest BCUT2D eigenvalue weighted by Gasteiger charge is -2.29. The van der Waals surface area contributed by atoms with Crippen LogP contribution in [0, 0.1) is 5.92 Å². The van der Waals surface area contributed by atoms with Gasteiger partial charge in [-0.25, -0.2) is 19.6 Å². The molecule has 6 aromatic rings. The lowest BCUT2D eigenvalue weighted by Crippen LogP contribution is -2.48. The van der Waals surface area contributed by atoms with Gasteiger partial charge < -0.3 is 49.6 Å². The number of alkyl carbamates (subject to hydrolysis) is 1. The van der Waals surface area contributed by atoms with E-state index in [-0.39, 0.29) is 36.9 Å². The molecule has 7 rings (SSSR count). The van der Waals surface area contributed by atoms with Crippen LogP contribution in [0.5, 0.6) is 0 Å². The Balaban J connectivity index is 0.00000133. The lowest BCUT2D eigenvalue weighted by atomic mass is 10.0. The zero-order valence-electron chi connectivity index (χ0n) is 39.8. The number of hydrogen-bond donors (Lipinski definition) is 5. The van der Waals surface area contributed by atoms with Crippen LogP contribution in [0.3, 0.4) is 0 Å². The smallest absolute Gasteiger partial charge is 0.407 e. The van der Waals surface area contributed by atoms with Gasteiger partial charge in [0, 0.05) is 43.8 Å². The van der Waals surface area contributed by atoms with Gasteiger partial charge in [-0.15, -0.1) is 11.3 Å². The van der Waals surface area contributed by atoms with Gasteiger partial charge in [-0.1, -0.05) is 89.6 Å². The fourth-order valence-corrected chi connectivity index (χ4v) is 8.89. The maximum atomic E-state index is 13.4. The molecule has 1 fully saturated rings. The normalized spacial score (nSPS) is 13.5. The first-order chi connectivity index (χ1) is 32.4. The van der Waals surface area contributed by atoms with Crippen LogP contribution in [0.1, 0.15) is 88.5 Å². The number of thiophene rings is 1. The number of rotatable bonds is 16. The molecule has 4 amide bonds. The van der Waals surface area contributed by atoms with Crippen LogP contribution >= 0.6 is 11.3 Å². The van der Waals surface area contributed by atoms with E-state index < -0.39 is 18.1 Å². The molecule has 1 aliphatic rings. The number of likely N-dealkylation sites (tertiary alicyclic amines) is 1. The Morgan fingerprint density at radius 2 is 1.49 bits per heavy atom. The number of nitrogens with zero attached hydrogens (tertiary/aromatic N) is 4. The van der Waals surface area contributed by atoms with Gasteiger partial charge >= 0.3 is 12.1 Å². The van der Waals surface area contributed by atoms with Crippen molar-refractivity contribution in [2.75, 3.05) is 48.1 Å². The molecule has 5 N–H and O–H groups in total. The van der Waals surface area contributed by atoms with E-state index in [1.807, 2.05) is 74.2 Å². The number of H-pyrrole nitrogens is 3. The van der Waals surface area contributed by atoms with Gasteiger partial charge in [0.2, 0.25) is 18.2 Å². The minimum Gasteiger partial charge on any atom is -0.464 e. The maximum Gasteiger partial charge on any atom is 0.407 e. The van der Waals surface area contributed by atoms with E-state index in [1.165, 1.54) is 32.0 Å². The van der Waals surface area contributed by atoms with Crippen molar-refractivity contribution in [2.24, 2.45) is 5.92 Å². The average molecular weight is 938 g/mol. The molecule has 0 spiro atoms. The molecule has 67 heavy (non-hydrogen) atoms. The summed E-state index contributed by atoms with van der Waals surface area (Å²) < 4.78 is 15.0. The summed E-state index contributed by atoms with van der Waals surface area (Å²) in [5, 5.41) is 7.19. The second-order valence-corrected chi connectivity index (χ2v) is 17.2. The van der Waals surface area contributed by atoms with Crippen molar-refractivity contribution in [1.82, 2.24) is 45.4 Å². The minimum absolute atomic E-state index is 0.0534. The standard InChI is InChI=1S/C44H49N9O7S.C3H8.C2H6O/c1-6-17-52(35(55)21-47-44(58)60-5)22-34-45-19-31(49-34)27-11-9-26(10-12-27)30-23-61-40-36(39(43(57)59-4)51-38(30)40)29-15-13-28(14-16-29)32-20-46-41(50-32)33-8-7-18-53(33)42(56)37(25(2)3)48-24-54;2*1-3-2/h9-16,19-20,23-25,33,37,51H,6-8,17-18,21-22H2,1-5H3,(H,45,49)(H,46,50)(H,47,58)(H,48,54);3H2,1-2H3;1-2H3.